The minimum atomic E-state index is -4.45. The zero-order chi connectivity index (χ0) is 16.4. The van der Waals surface area contributed by atoms with Gasteiger partial charge in [0.15, 0.2) is 0 Å². The van der Waals surface area contributed by atoms with Gasteiger partial charge in [0.1, 0.15) is 17.9 Å². The first kappa shape index (κ1) is 15.6. The van der Waals surface area contributed by atoms with Gasteiger partial charge in [-0.3, -0.25) is 0 Å². The van der Waals surface area contributed by atoms with Crippen LogP contribution in [-0.2, 0) is 6.18 Å². The highest BCUT2D eigenvalue weighted by atomic mass is 32.1. The van der Waals surface area contributed by atoms with Gasteiger partial charge in [-0.15, -0.1) is 10.2 Å². The summed E-state index contributed by atoms with van der Waals surface area (Å²) in [4.78, 5) is 1.86. The van der Waals surface area contributed by atoms with Crippen LogP contribution in [0.25, 0.3) is 0 Å². The minimum Gasteiger partial charge on any atom is -0.488 e. The summed E-state index contributed by atoms with van der Waals surface area (Å²) < 4.78 is 44.5. The molecule has 1 aromatic carbocycles. The molecule has 1 unspecified atom stereocenters. The van der Waals surface area contributed by atoms with Crippen molar-refractivity contribution in [1.82, 2.24) is 10.2 Å². The Labute approximate surface area is 133 Å². The van der Waals surface area contributed by atoms with Crippen LogP contribution >= 0.6 is 11.3 Å². The third kappa shape index (κ3) is 3.37. The monoisotopic (exact) mass is 340 g/mol. The first-order valence-electron chi connectivity index (χ1n) is 6.79. The second kappa shape index (κ2) is 6.04. The Morgan fingerprint density at radius 3 is 2.78 bits per heavy atom. The maximum absolute atomic E-state index is 13.0. The highest BCUT2D eigenvalue weighted by Gasteiger charge is 2.35. The zero-order valence-electron chi connectivity index (χ0n) is 11.7. The highest BCUT2D eigenvalue weighted by molar-refractivity contribution is 7.15. The summed E-state index contributed by atoms with van der Waals surface area (Å²) in [5.74, 6) is -0.165. The number of rotatable bonds is 3. The number of para-hydroxylation sites is 1. The third-order valence-electron chi connectivity index (χ3n) is 3.41. The lowest BCUT2D eigenvalue weighted by Gasteiger charge is -2.18. The molecule has 0 N–H and O–H groups in total. The van der Waals surface area contributed by atoms with Gasteiger partial charge in [-0.05, 0) is 12.1 Å². The lowest BCUT2D eigenvalue weighted by Crippen LogP contribution is -2.25. The van der Waals surface area contributed by atoms with Gasteiger partial charge in [0, 0.05) is 13.0 Å². The Balaban J connectivity index is 1.70. The average molecular weight is 340 g/mol. The van der Waals surface area contributed by atoms with Crippen LogP contribution in [0.5, 0.6) is 5.75 Å². The Morgan fingerprint density at radius 2 is 2.09 bits per heavy atom. The Kier molecular flexibility index (Phi) is 4.09. The predicted octanol–water partition coefficient (Wildman–Crippen LogP) is 3.09. The van der Waals surface area contributed by atoms with E-state index in [1.54, 1.807) is 0 Å². The lowest BCUT2D eigenvalue weighted by atomic mass is 10.2. The van der Waals surface area contributed by atoms with E-state index in [1.807, 2.05) is 11.0 Å². The van der Waals surface area contributed by atoms with E-state index in [9.17, 15) is 13.2 Å². The van der Waals surface area contributed by atoms with Crippen molar-refractivity contribution < 1.29 is 17.9 Å². The SMILES string of the molecule is N#Cc1nnc(N2CCC(Oc3ccccc3C(F)(F)F)C2)s1. The van der Waals surface area contributed by atoms with E-state index >= 15 is 0 Å². The quantitative estimate of drug-likeness (QED) is 0.859. The van der Waals surface area contributed by atoms with Crippen molar-refractivity contribution in [2.24, 2.45) is 0 Å². The van der Waals surface area contributed by atoms with Crippen molar-refractivity contribution in [2.45, 2.75) is 18.7 Å². The van der Waals surface area contributed by atoms with Crippen molar-refractivity contribution in [3.63, 3.8) is 0 Å². The first-order chi connectivity index (χ1) is 11.0. The number of aromatic nitrogens is 2. The van der Waals surface area contributed by atoms with Crippen LogP contribution < -0.4 is 9.64 Å². The molecule has 0 aliphatic carbocycles. The molecule has 1 atom stereocenters. The molecule has 1 fully saturated rings. The van der Waals surface area contributed by atoms with E-state index in [0.29, 0.717) is 24.6 Å². The Hall–Kier alpha value is -2.34. The van der Waals surface area contributed by atoms with Gasteiger partial charge in [0.25, 0.3) is 0 Å². The fourth-order valence-electron chi connectivity index (χ4n) is 2.37. The summed E-state index contributed by atoms with van der Waals surface area (Å²) in [6.45, 7) is 1.01. The van der Waals surface area contributed by atoms with Crippen molar-refractivity contribution in [1.29, 1.82) is 5.26 Å². The number of halogens is 3. The van der Waals surface area contributed by atoms with Gasteiger partial charge < -0.3 is 9.64 Å². The first-order valence-corrected chi connectivity index (χ1v) is 7.60. The molecule has 1 aliphatic rings. The molecule has 0 bridgehead atoms. The van der Waals surface area contributed by atoms with Gasteiger partial charge in [0.05, 0.1) is 12.1 Å². The summed E-state index contributed by atoms with van der Waals surface area (Å²) in [6.07, 6.45) is -4.24. The number of anilines is 1. The third-order valence-corrected chi connectivity index (χ3v) is 4.30. The number of benzene rings is 1. The number of nitrogens with zero attached hydrogens (tertiary/aromatic N) is 4. The molecular weight excluding hydrogens is 329 g/mol. The van der Waals surface area contributed by atoms with Gasteiger partial charge >= 0.3 is 6.18 Å². The summed E-state index contributed by atoms with van der Waals surface area (Å²) in [7, 11) is 0. The van der Waals surface area contributed by atoms with E-state index in [1.165, 1.54) is 18.2 Å². The van der Waals surface area contributed by atoms with Crippen molar-refractivity contribution in [3.8, 4) is 11.8 Å². The van der Waals surface area contributed by atoms with E-state index in [-0.39, 0.29) is 16.9 Å². The second-order valence-corrected chi connectivity index (χ2v) is 5.93. The van der Waals surface area contributed by atoms with E-state index in [2.05, 4.69) is 10.2 Å². The Morgan fingerprint density at radius 1 is 1.30 bits per heavy atom. The smallest absolute Gasteiger partial charge is 0.419 e. The number of ether oxygens (including phenoxy) is 1. The maximum Gasteiger partial charge on any atom is 0.419 e. The van der Waals surface area contributed by atoms with Crippen molar-refractivity contribution >= 4 is 16.5 Å². The molecule has 9 heteroatoms. The van der Waals surface area contributed by atoms with Crippen molar-refractivity contribution in [3.05, 3.63) is 34.8 Å². The minimum absolute atomic E-state index is 0.165. The molecule has 1 saturated heterocycles. The largest absolute Gasteiger partial charge is 0.488 e. The van der Waals surface area contributed by atoms with Gasteiger partial charge in [-0.1, -0.05) is 23.5 Å². The van der Waals surface area contributed by atoms with E-state index < -0.39 is 11.7 Å². The molecule has 120 valence electrons. The molecule has 3 rings (SSSR count). The molecule has 5 nitrogen and oxygen atoms in total. The molecule has 0 spiro atoms. The highest BCUT2D eigenvalue weighted by Crippen LogP contribution is 2.37. The standard InChI is InChI=1S/C14H11F3N4OS/c15-14(16,17)10-3-1-2-4-11(10)22-9-5-6-21(8-9)13-20-19-12(7-18)23-13/h1-4,9H,5-6,8H2. The van der Waals surface area contributed by atoms with Gasteiger partial charge in [-0.2, -0.15) is 18.4 Å². The Bertz CT molecular complexity index is 740. The molecule has 0 amide bonds. The van der Waals surface area contributed by atoms with Crippen molar-refractivity contribution in [2.75, 3.05) is 18.0 Å². The number of hydrogen-bond acceptors (Lipinski definition) is 6. The number of alkyl halides is 3. The molecule has 2 aromatic rings. The summed E-state index contributed by atoms with van der Waals surface area (Å²) in [5, 5.41) is 17.2. The lowest BCUT2D eigenvalue weighted by molar-refractivity contribution is -0.139. The maximum atomic E-state index is 13.0. The predicted molar refractivity (Wildman–Crippen MR) is 77.3 cm³/mol. The molecule has 0 saturated carbocycles. The summed E-state index contributed by atoms with van der Waals surface area (Å²) in [5.41, 5.74) is -0.777. The van der Waals surface area contributed by atoms with Crippen LogP contribution in [0.15, 0.2) is 24.3 Å². The van der Waals surface area contributed by atoms with E-state index in [4.69, 9.17) is 10.00 Å². The normalized spacial score (nSPS) is 18.0. The van der Waals surface area contributed by atoms with Crippen LogP contribution in [0.4, 0.5) is 18.3 Å². The second-order valence-electron chi connectivity index (χ2n) is 4.97. The molecule has 1 aromatic heterocycles. The molecule has 1 aliphatic heterocycles. The van der Waals surface area contributed by atoms with Gasteiger partial charge in [0.2, 0.25) is 10.1 Å². The zero-order valence-corrected chi connectivity index (χ0v) is 12.6. The fraction of sp³-hybridized carbons (Fsp3) is 0.357. The van der Waals surface area contributed by atoms with Crippen LogP contribution in [0.2, 0.25) is 0 Å². The molecule has 23 heavy (non-hydrogen) atoms. The fourth-order valence-corrected chi connectivity index (χ4v) is 3.05. The average Bonchev–Trinajstić information content (AvgIpc) is 3.15. The van der Waals surface area contributed by atoms with Crippen LogP contribution in [0.3, 0.4) is 0 Å². The van der Waals surface area contributed by atoms with Crippen LogP contribution in [0, 0.1) is 11.3 Å². The summed E-state index contributed by atoms with van der Waals surface area (Å²) in [6, 6.07) is 7.09. The number of nitriles is 1. The van der Waals surface area contributed by atoms with Crippen LogP contribution in [-0.4, -0.2) is 29.4 Å². The molecular formula is C14H11F3N4OS. The number of hydrogen-bond donors (Lipinski definition) is 0. The molecule has 2 heterocycles. The van der Waals surface area contributed by atoms with Gasteiger partial charge in [-0.25, -0.2) is 0 Å². The summed E-state index contributed by atoms with van der Waals surface area (Å²) >= 11 is 1.15. The topological polar surface area (TPSA) is 62.0 Å². The molecule has 0 radical (unpaired) electrons. The van der Waals surface area contributed by atoms with E-state index in [0.717, 1.165) is 17.4 Å². The van der Waals surface area contributed by atoms with Crippen LogP contribution in [0.1, 0.15) is 17.0 Å².